The van der Waals surface area contributed by atoms with Gasteiger partial charge in [-0.05, 0) is 36.2 Å². The van der Waals surface area contributed by atoms with E-state index in [1.807, 2.05) is 12.1 Å². The third kappa shape index (κ3) is 3.07. The molecule has 1 saturated heterocycles. The second kappa shape index (κ2) is 6.37. The van der Waals surface area contributed by atoms with Gasteiger partial charge in [-0.25, -0.2) is 9.98 Å². The molecule has 4 rings (SSSR count). The van der Waals surface area contributed by atoms with E-state index in [1.165, 1.54) is 5.56 Å². The molecule has 0 amide bonds. The Balaban J connectivity index is 1.63. The van der Waals surface area contributed by atoms with Crippen LogP contribution in [0, 0.1) is 6.92 Å². The Labute approximate surface area is 145 Å². The smallest absolute Gasteiger partial charge is 0.224 e. The number of amidine groups is 1. The Morgan fingerprint density at radius 2 is 2.04 bits per heavy atom. The zero-order valence-electron chi connectivity index (χ0n) is 13.4. The maximum absolute atomic E-state index is 6.12. The first-order chi connectivity index (χ1) is 11.7. The van der Waals surface area contributed by atoms with Crippen LogP contribution in [0.25, 0.3) is 0 Å². The summed E-state index contributed by atoms with van der Waals surface area (Å²) in [7, 11) is 0. The van der Waals surface area contributed by atoms with Gasteiger partial charge in [0.1, 0.15) is 11.5 Å². The maximum Gasteiger partial charge on any atom is 0.224 e. The summed E-state index contributed by atoms with van der Waals surface area (Å²) in [5.41, 5.74) is 3.91. The van der Waals surface area contributed by atoms with Crippen molar-refractivity contribution >= 4 is 34.6 Å². The molecule has 1 fully saturated rings. The standard InChI is InChI=1S/C17H18ClN5O/c1-11-3-2-4-12(9-11)19-14-10-13-15(21-14)16(22-17(18)20-13)23-5-7-24-8-6-23/h2-4,9H,5-8,10H2,1H3,(H,19,21). The van der Waals surface area contributed by atoms with Crippen LogP contribution in [0.3, 0.4) is 0 Å². The molecule has 1 aromatic carbocycles. The lowest BCUT2D eigenvalue weighted by Gasteiger charge is -2.28. The van der Waals surface area contributed by atoms with E-state index in [9.17, 15) is 0 Å². The number of aliphatic imine (C=N–C) groups is 1. The minimum Gasteiger partial charge on any atom is -0.378 e. The number of aromatic nitrogens is 2. The lowest BCUT2D eigenvalue weighted by atomic mass is 10.2. The summed E-state index contributed by atoms with van der Waals surface area (Å²) in [5.74, 6) is 1.66. The number of morpholine rings is 1. The minimum absolute atomic E-state index is 0.266. The van der Waals surface area contributed by atoms with E-state index in [1.54, 1.807) is 0 Å². The van der Waals surface area contributed by atoms with Crippen LogP contribution in [0.15, 0.2) is 29.3 Å². The van der Waals surface area contributed by atoms with Crippen LogP contribution in [0.1, 0.15) is 11.3 Å². The number of benzene rings is 1. The normalized spacial score (nSPS) is 16.8. The average Bonchev–Trinajstić information content (AvgIpc) is 2.97. The summed E-state index contributed by atoms with van der Waals surface area (Å²) in [5, 5.41) is 3.64. The van der Waals surface area contributed by atoms with Crippen molar-refractivity contribution in [2.24, 2.45) is 4.99 Å². The van der Waals surface area contributed by atoms with Crippen LogP contribution in [0.4, 0.5) is 17.2 Å². The van der Waals surface area contributed by atoms with Crippen molar-refractivity contribution in [2.45, 2.75) is 13.3 Å². The number of rotatable bonds is 2. The minimum atomic E-state index is 0.266. The SMILES string of the molecule is Cc1cccc(NC2=Nc3c(nc(Cl)nc3N3CCOCC3)C2)c1. The van der Waals surface area contributed by atoms with E-state index in [4.69, 9.17) is 21.3 Å². The molecule has 7 heteroatoms. The molecule has 0 aliphatic carbocycles. The van der Waals surface area contributed by atoms with Crippen molar-refractivity contribution in [1.82, 2.24) is 9.97 Å². The van der Waals surface area contributed by atoms with Gasteiger partial charge in [0.15, 0.2) is 5.82 Å². The Kier molecular flexibility index (Phi) is 4.08. The van der Waals surface area contributed by atoms with Crippen LogP contribution < -0.4 is 10.2 Å². The van der Waals surface area contributed by atoms with E-state index in [0.29, 0.717) is 19.6 Å². The summed E-state index contributed by atoms with van der Waals surface area (Å²) in [4.78, 5) is 15.7. The van der Waals surface area contributed by atoms with Crippen molar-refractivity contribution in [3.05, 3.63) is 40.8 Å². The first-order valence-electron chi connectivity index (χ1n) is 7.99. The van der Waals surface area contributed by atoms with Crippen LogP contribution in [-0.4, -0.2) is 42.1 Å². The molecule has 2 aliphatic rings. The lowest BCUT2D eigenvalue weighted by molar-refractivity contribution is 0.122. The van der Waals surface area contributed by atoms with Gasteiger partial charge in [0.2, 0.25) is 5.28 Å². The molecular weight excluding hydrogens is 326 g/mol. The van der Waals surface area contributed by atoms with E-state index in [-0.39, 0.29) is 5.28 Å². The van der Waals surface area contributed by atoms with Gasteiger partial charge in [-0.1, -0.05) is 12.1 Å². The molecule has 2 aliphatic heterocycles. The van der Waals surface area contributed by atoms with Crippen LogP contribution in [0.5, 0.6) is 0 Å². The van der Waals surface area contributed by atoms with E-state index < -0.39 is 0 Å². The summed E-state index contributed by atoms with van der Waals surface area (Å²) in [6.45, 7) is 5.02. The monoisotopic (exact) mass is 343 g/mol. The first-order valence-corrected chi connectivity index (χ1v) is 8.37. The highest BCUT2D eigenvalue weighted by Crippen LogP contribution is 2.36. The van der Waals surface area contributed by atoms with E-state index in [0.717, 1.165) is 41.8 Å². The maximum atomic E-state index is 6.12. The third-order valence-corrected chi connectivity index (χ3v) is 4.28. The highest BCUT2D eigenvalue weighted by atomic mass is 35.5. The Bertz CT molecular complexity index is 802. The fourth-order valence-electron chi connectivity index (χ4n) is 2.99. The zero-order chi connectivity index (χ0) is 16.5. The molecular formula is C17H18ClN5O. The van der Waals surface area contributed by atoms with E-state index in [2.05, 4.69) is 39.2 Å². The second-order valence-corrected chi connectivity index (χ2v) is 6.28. The molecule has 1 aromatic heterocycles. The van der Waals surface area contributed by atoms with Gasteiger partial charge in [0.05, 0.1) is 25.3 Å². The van der Waals surface area contributed by atoms with Crippen molar-refractivity contribution in [1.29, 1.82) is 0 Å². The predicted octanol–water partition coefficient (Wildman–Crippen LogP) is 2.97. The van der Waals surface area contributed by atoms with Crippen LogP contribution in [-0.2, 0) is 11.2 Å². The second-order valence-electron chi connectivity index (χ2n) is 5.94. The van der Waals surface area contributed by atoms with Gasteiger partial charge in [0.25, 0.3) is 0 Å². The number of nitrogens with zero attached hydrogens (tertiary/aromatic N) is 4. The number of halogens is 1. The highest BCUT2D eigenvalue weighted by Gasteiger charge is 2.26. The predicted molar refractivity (Wildman–Crippen MR) is 95.7 cm³/mol. The first kappa shape index (κ1) is 15.4. The highest BCUT2D eigenvalue weighted by molar-refractivity contribution is 6.28. The number of hydrogen-bond donors (Lipinski definition) is 1. The number of fused-ring (bicyclic) bond motifs is 1. The largest absolute Gasteiger partial charge is 0.378 e. The third-order valence-electron chi connectivity index (χ3n) is 4.11. The van der Waals surface area contributed by atoms with Gasteiger partial charge < -0.3 is 15.0 Å². The summed E-state index contributed by atoms with van der Waals surface area (Å²) in [6, 6.07) is 8.21. The molecule has 0 unspecified atom stereocenters. The molecule has 0 bridgehead atoms. The Morgan fingerprint density at radius 1 is 1.21 bits per heavy atom. The Hall–Kier alpha value is -2.18. The van der Waals surface area contributed by atoms with Gasteiger partial charge in [-0.3, -0.25) is 0 Å². The fraction of sp³-hybridized carbons (Fsp3) is 0.353. The molecule has 3 heterocycles. The number of hydrogen-bond acceptors (Lipinski definition) is 6. The van der Waals surface area contributed by atoms with Crippen molar-refractivity contribution in [2.75, 3.05) is 36.5 Å². The molecule has 124 valence electrons. The lowest BCUT2D eigenvalue weighted by Crippen LogP contribution is -2.37. The van der Waals surface area contributed by atoms with Crippen LogP contribution >= 0.6 is 11.6 Å². The average molecular weight is 344 g/mol. The number of aryl methyl sites for hydroxylation is 1. The summed E-state index contributed by atoms with van der Waals surface area (Å²) >= 11 is 6.12. The molecule has 0 spiro atoms. The quantitative estimate of drug-likeness (QED) is 0.849. The number of nitrogens with one attached hydrogen (secondary N) is 1. The zero-order valence-corrected chi connectivity index (χ0v) is 14.2. The number of ether oxygens (including phenoxy) is 1. The van der Waals surface area contributed by atoms with Gasteiger partial charge >= 0.3 is 0 Å². The van der Waals surface area contributed by atoms with Crippen molar-refractivity contribution in [3.63, 3.8) is 0 Å². The van der Waals surface area contributed by atoms with Crippen LogP contribution in [0.2, 0.25) is 5.28 Å². The fourth-order valence-corrected chi connectivity index (χ4v) is 3.17. The summed E-state index contributed by atoms with van der Waals surface area (Å²) < 4.78 is 5.42. The van der Waals surface area contributed by atoms with Gasteiger partial charge in [-0.15, -0.1) is 0 Å². The molecule has 0 atom stereocenters. The molecule has 0 radical (unpaired) electrons. The van der Waals surface area contributed by atoms with Gasteiger partial charge in [-0.2, -0.15) is 4.98 Å². The molecule has 6 nitrogen and oxygen atoms in total. The summed E-state index contributed by atoms with van der Waals surface area (Å²) in [6.07, 6.45) is 0.628. The molecule has 1 N–H and O–H groups in total. The van der Waals surface area contributed by atoms with Crippen molar-refractivity contribution < 1.29 is 4.74 Å². The van der Waals surface area contributed by atoms with E-state index >= 15 is 0 Å². The molecule has 2 aromatic rings. The molecule has 0 saturated carbocycles. The Morgan fingerprint density at radius 3 is 2.83 bits per heavy atom. The topological polar surface area (TPSA) is 62.6 Å². The van der Waals surface area contributed by atoms with Crippen molar-refractivity contribution in [3.8, 4) is 0 Å². The molecule has 24 heavy (non-hydrogen) atoms. The van der Waals surface area contributed by atoms with Gasteiger partial charge in [0, 0.05) is 18.8 Å². The number of anilines is 2.